The van der Waals surface area contributed by atoms with E-state index in [1.165, 1.54) is 42.6 Å². The molecule has 0 aliphatic heterocycles. The first kappa shape index (κ1) is 16.6. The first-order chi connectivity index (χ1) is 9.71. The molecular formula is C19H34N2. The summed E-state index contributed by atoms with van der Waals surface area (Å²) in [5.74, 6) is 0.809. The van der Waals surface area contributed by atoms with Gasteiger partial charge in [0.05, 0.1) is 0 Å². The van der Waals surface area contributed by atoms with E-state index in [4.69, 9.17) is 5.73 Å². The van der Waals surface area contributed by atoms with E-state index < -0.39 is 0 Å². The van der Waals surface area contributed by atoms with Crippen molar-refractivity contribution in [1.82, 2.24) is 4.57 Å². The second-order valence-electron chi connectivity index (χ2n) is 8.38. The maximum absolute atomic E-state index is 6.43. The molecule has 0 saturated heterocycles. The molecule has 120 valence electrons. The maximum Gasteiger partial charge on any atom is 0.0318 e. The molecule has 1 aliphatic carbocycles. The summed E-state index contributed by atoms with van der Waals surface area (Å²) < 4.78 is 2.58. The van der Waals surface area contributed by atoms with E-state index in [9.17, 15) is 0 Å². The van der Waals surface area contributed by atoms with Crippen molar-refractivity contribution >= 4 is 0 Å². The van der Waals surface area contributed by atoms with Crippen molar-refractivity contribution in [2.45, 2.75) is 85.7 Å². The SMILES string of the molecule is Cc1cc2c(n1C(C)CCCC(C)C)CC(C)(C)CC2N. The zero-order valence-electron chi connectivity index (χ0n) is 14.9. The monoisotopic (exact) mass is 290 g/mol. The van der Waals surface area contributed by atoms with Gasteiger partial charge in [0.25, 0.3) is 0 Å². The van der Waals surface area contributed by atoms with Crippen LogP contribution in [0.4, 0.5) is 0 Å². The van der Waals surface area contributed by atoms with Gasteiger partial charge in [0.1, 0.15) is 0 Å². The van der Waals surface area contributed by atoms with E-state index in [2.05, 4.69) is 52.2 Å². The summed E-state index contributed by atoms with van der Waals surface area (Å²) in [4.78, 5) is 0. The van der Waals surface area contributed by atoms with E-state index >= 15 is 0 Å². The lowest BCUT2D eigenvalue weighted by Gasteiger charge is -2.35. The summed E-state index contributed by atoms with van der Waals surface area (Å²) in [7, 11) is 0. The number of nitrogens with zero attached hydrogens (tertiary/aromatic N) is 1. The van der Waals surface area contributed by atoms with Crippen LogP contribution in [-0.2, 0) is 6.42 Å². The van der Waals surface area contributed by atoms with Gasteiger partial charge in [0, 0.05) is 23.5 Å². The Bertz CT molecular complexity index is 482. The van der Waals surface area contributed by atoms with Crippen LogP contribution in [0.5, 0.6) is 0 Å². The van der Waals surface area contributed by atoms with Crippen LogP contribution in [0.25, 0.3) is 0 Å². The van der Waals surface area contributed by atoms with Crippen LogP contribution < -0.4 is 5.73 Å². The topological polar surface area (TPSA) is 30.9 Å². The number of aromatic nitrogens is 1. The normalized spacial score (nSPS) is 22.4. The van der Waals surface area contributed by atoms with Gasteiger partial charge >= 0.3 is 0 Å². The van der Waals surface area contributed by atoms with Crippen LogP contribution in [-0.4, -0.2) is 4.57 Å². The number of nitrogens with two attached hydrogens (primary N) is 1. The van der Waals surface area contributed by atoms with Crippen LogP contribution in [0.3, 0.4) is 0 Å². The van der Waals surface area contributed by atoms with Crippen LogP contribution in [0.2, 0.25) is 0 Å². The smallest absolute Gasteiger partial charge is 0.0318 e. The molecule has 2 N–H and O–H groups in total. The highest BCUT2D eigenvalue weighted by Crippen LogP contribution is 2.42. The highest BCUT2D eigenvalue weighted by molar-refractivity contribution is 5.34. The second kappa shape index (κ2) is 6.16. The van der Waals surface area contributed by atoms with Gasteiger partial charge in [-0.1, -0.05) is 40.5 Å². The zero-order chi connectivity index (χ0) is 15.8. The van der Waals surface area contributed by atoms with Crippen molar-refractivity contribution in [3.05, 3.63) is 23.0 Å². The van der Waals surface area contributed by atoms with Gasteiger partial charge in [-0.15, -0.1) is 0 Å². The quantitative estimate of drug-likeness (QED) is 0.798. The van der Waals surface area contributed by atoms with Gasteiger partial charge in [0.15, 0.2) is 0 Å². The third kappa shape index (κ3) is 3.71. The van der Waals surface area contributed by atoms with Crippen LogP contribution in [0.1, 0.15) is 89.3 Å². The fourth-order valence-electron chi connectivity index (χ4n) is 4.03. The lowest BCUT2D eigenvalue weighted by Crippen LogP contribution is -2.31. The van der Waals surface area contributed by atoms with E-state index in [0.717, 1.165) is 12.3 Å². The van der Waals surface area contributed by atoms with Crippen LogP contribution in [0, 0.1) is 18.3 Å². The van der Waals surface area contributed by atoms with Crippen LogP contribution in [0.15, 0.2) is 6.07 Å². The Morgan fingerprint density at radius 1 is 1.29 bits per heavy atom. The molecule has 1 aromatic rings. The molecule has 0 fully saturated rings. The Kier molecular flexibility index (Phi) is 4.87. The third-order valence-corrected chi connectivity index (χ3v) is 5.03. The standard InChI is InChI=1S/C19H34N2/c1-13(2)8-7-9-14(3)21-15(4)10-16-17(20)11-19(5,6)12-18(16)21/h10,13-14,17H,7-9,11-12,20H2,1-6H3. The molecule has 0 spiro atoms. The summed E-state index contributed by atoms with van der Waals surface area (Å²) in [5.41, 5.74) is 11.1. The van der Waals surface area contributed by atoms with Gasteiger partial charge in [-0.05, 0) is 56.1 Å². The highest BCUT2D eigenvalue weighted by atomic mass is 15.0. The molecule has 0 aromatic carbocycles. The average Bonchev–Trinajstić information content (AvgIpc) is 2.63. The van der Waals surface area contributed by atoms with E-state index in [1.807, 2.05) is 0 Å². The lowest BCUT2D eigenvalue weighted by molar-refractivity contribution is 0.270. The lowest BCUT2D eigenvalue weighted by atomic mass is 9.74. The molecule has 2 nitrogen and oxygen atoms in total. The molecule has 2 heteroatoms. The molecule has 1 aliphatic rings. The second-order valence-corrected chi connectivity index (χ2v) is 8.38. The van der Waals surface area contributed by atoms with Crippen molar-refractivity contribution < 1.29 is 0 Å². The number of aryl methyl sites for hydroxylation is 1. The summed E-state index contributed by atoms with van der Waals surface area (Å²) in [6, 6.07) is 3.15. The molecule has 1 heterocycles. The molecule has 21 heavy (non-hydrogen) atoms. The minimum atomic E-state index is 0.214. The van der Waals surface area contributed by atoms with Crippen molar-refractivity contribution in [3.63, 3.8) is 0 Å². The van der Waals surface area contributed by atoms with Crippen molar-refractivity contribution in [3.8, 4) is 0 Å². The third-order valence-electron chi connectivity index (χ3n) is 5.03. The van der Waals surface area contributed by atoms with E-state index in [0.29, 0.717) is 11.5 Å². The largest absolute Gasteiger partial charge is 0.346 e. The summed E-state index contributed by atoms with van der Waals surface area (Å²) in [5, 5.41) is 0. The molecule has 1 aromatic heterocycles. The molecular weight excluding hydrogens is 256 g/mol. The van der Waals surface area contributed by atoms with Gasteiger partial charge in [-0.3, -0.25) is 0 Å². The van der Waals surface area contributed by atoms with Crippen molar-refractivity contribution in [1.29, 1.82) is 0 Å². The minimum absolute atomic E-state index is 0.214. The number of fused-ring (bicyclic) bond motifs is 1. The molecule has 0 saturated carbocycles. The van der Waals surface area contributed by atoms with Gasteiger partial charge in [-0.25, -0.2) is 0 Å². The first-order valence-corrected chi connectivity index (χ1v) is 8.67. The van der Waals surface area contributed by atoms with Gasteiger partial charge in [-0.2, -0.15) is 0 Å². The molecule has 2 atom stereocenters. The zero-order valence-corrected chi connectivity index (χ0v) is 14.9. The van der Waals surface area contributed by atoms with E-state index in [1.54, 1.807) is 0 Å². The highest BCUT2D eigenvalue weighted by Gasteiger charge is 2.33. The molecule has 2 rings (SSSR count). The molecule has 2 unspecified atom stereocenters. The Morgan fingerprint density at radius 3 is 2.57 bits per heavy atom. The molecule has 0 radical (unpaired) electrons. The fourth-order valence-corrected chi connectivity index (χ4v) is 4.03. The van der Waals surface area contributed by atoms with Crippen LogP contribution >= 0.6 is 0 Å². The first-order valence-electron chi connectivity index (χ1n) is 8.67. The van der Waals surface area contributed by atoms with Crippen molar-refractivity contribution in [2.24, 2.45) is 17.1 Å². The predicted molar refractivity (Wildman–Crippen MR) is 91.6 cm³/mol. The molecule has 0 amide bonds. The van der Waals surface area contributed by atoms with Crippen molar-refractivity contribution in [2.75, 3.05) is 0 Å². The number of hydrogen-bond donors (Lipinski definition) is 1. The Morgan fingerprint density at radius 2 is 1.95 bits per heavy atom. The Labute approximate surface area is 131 Å². The summed E-state index contributed by atoms with van der Waals surface area (Å²) in [6.07, 6.45) is 6.19. The average molecular weight is 290 g/mol. The van der Waals surface area contributed by atoms with E-state index in [-0.39, 0.29) is 6.04 Å². The minimum Gasteiger partial charge on any atom is -0.346 e. The Hall–Kier alpha value is -0.760. The number of rotatable bonds is 5. The number of hydrogen-bond acceptors (Lipinski definition) is 1. The summed E-state index contributed by atoms with van der Waals surface area (Å²) >= 11 is 0. The van der Waals surface area contributed by atoms with Gasteiger partial charge in [0.2, 0.25) is 0 Å². The van der Waals surface area contributed by atoms with Gasteiger partial charge < -0.3 is 10.3 Å². The Balaban J connectivity index is 2.21. The fraction of sp³-hybridized carbons (Fsp3) is 0.789. The maximum atomic E-state index is 6.43. The summed E-state index contributed by atoms with van der Waals surface area (Å²) in [6.45, 7) is 14.0. The molecule has 0 bridgehead atoms. The predicted octanol–water partition coefficient (Wildman–Crippen LogP) is 5.16.